The van der Waals surface area contributed by atoms with Crippen LogP contribution in [-0.2, 0) is 6.18 Å². The maximum absolute atomic E-state index is 15.3. The standard InChI is InChI=1S/C23H28F4N4/c1-15-4-6-16(7-5-15)13-28-21-20(24)22(30-14-29-21)31-12-2-3-19(31)17-8-10-18(11-9-17)23(25,26)27/h8-11,14-16,19H,2-7,12-13H2,1H3,(H,28,29,30)/t15?,16?,19-/m1/s1. The second-order valence-electron chi connectivity index (χ2n) is 8.84. The lowest BCUT2D eigenvalue weighted by Gasteiger charge is -2.28. The lowest BCUT2D eigenvalue weighted by atomic mass is 9.83. The van der Waals surface area contributed by atoms with Gasteiger partial charge in [0.05, 0.1) is 11.6 Å². The van der Waals surface area contributed by atoms with E-state index in [0.29, 0.717) is 19.0 Å². The summed E-state index contributed by atoms with van der Waals surface area (Å²) in [6, 6.07) is 4.92. The van der Waals surface area contributed by atoms with Crippen molar-refractivity contribution in [2.75, 3.05) is 23.3 Å². The SMILES string of the molecule is CC1CCC(CNc2ncnc(N3CCC[C@@H]3c3ccc(C(F)(F)F)cc3)c2F)CC1. The van der Waals surface area contributed by atoms with Gasteiger partial charge in [0.2, 0.25) is 5.82 Å². The number of halogens is 4. The third-order valence-corrected chi connectivity index (χ3v) is 6.61. The van der Waals surface area contributed by atoms with Gasteiger partial charge in [0.15, 0.2) is 11.6 Å². The lowest BCUT2D eigenvalue weighted by Crippen LogP contribution is -2.26. The zero-order valence-electron chi connectivity index (χ0n) is 17.6. The van der Waals surface area contributed by atoms with Crippen molar-refractivity contribution in [1.82, 2.24) is 9.97 Å². The van der Waals surface area contributed by atoms with Gasteiger partial charge in [-0.05, 0) is 55.2 Å². The summed E-state index contributed by atoms with van der Waals surface area (Å²) in [5, 5.41) is 3.16. The number of rotatable bonds is 5. The van der Waals surface area contributed by atoms with Crippen LogP contribution < -0.4 is 10.2 Å². The Morgan fingerprint density at radius 1 is 1.03 bits per heavy atom. The van der Waals surface area contributed by atoms with Gasteiger partial charge >= 0.3 is 6.18 Å². The highest BCUT2D eigenvalue weighted by molar-refractivity contribution is 5.53. The predicted molar refractivity (Wildman–Crippen MR) is 112 cm³/mol. The molecule has 0 unspecified atom stereocenters. The molecule has 2 fully saturated rings. The molecule has 1 saturated carbocycles. The number of benzene rings is 1. The minimum Gasteiger partial charge on any atom is -0.367 e. The molecule has 1 saturated heterocycles. The van der Waals surface area contributed by atoms with Crippen molar-refractivity contribution in [2.24, 2.45) is 11.8 Å². The highest BCUT2D eigenvalue weighted by Crippen LogP contribution is 2.38. The van der Waals surface area contributed by atoms with Gasteiger partial charge in [-0.25, -0.2) is 9.97 Å². The Morgan fingerprint density at radius 2 is 1.74 bits per heavy atom. The summed E-state index contributed by atoms with van der Waals surface area (Å²) in [7, 11) is 0. The van der Waals surface area contributed by atoms with Gasteiger partial charge in [0, 0.05) is 13.1 Å². The molecule has 31 heavy (non-hydrogen) atoms. The lowest BCUT2D eigenvalue weighted by molar-refractivity contribution is -0.137. The van der Waals surface area contributed by atoms with Crippen LogP contribution in [0.5, 0.6) is 0 Å². The van der Waals surface area contributed by atoms with Gasteiger partial charge in [0.25, 0.3) is 0 Å². The van der Waals surface area contributed by atoms with E-state index in [1.807, 2.05) is 4.90 Å². The maximum Gasteiger partial charge on any atom is 0.416 e. The fourth-order valence-corrected chi connectivity index (χ4v) is 4.72. The van der Waals surface area contributed by atoms with Crippen molar-refractivity contribution in [3.05, 3.63) is 47.5 Å². The first-order valence-corrected chi connectivity index (χ1v) is 11.0. The van der Waals surface area contributed by atoms with Crippen LogP contribution in [0.4, 0.5) is 29.2 Å². The molecular weight excluding hydrogens is 408 g/mol. The average molecular weight is 436 g/mol. The molecule has 1 aromatic carbocycles. The molecule has 1 N–H and O–H groups in total. The third kappa shape index (κ3) is 4.93. The van der Waals surface area contributed by atoms with Crippen molar-refractivity contribution in [3.8, 4) is 0 Å². The molecule has 8 heteroatoms. The van der Waals surface area contributed by atoms with Crippen LogP contribution in [0.1, 0.15) is 62.6 Å². The summed E-state index contributed by atoms with van der Waals surface area (Å²) in [5.41, 5.74) is 0.0481. The van der Waals surface area contributed by atoms with E-state index in [2.05, 4.69) is 22.2 Å². The first-order valence-electron chi connectivity index (χ1n) is 11.0. The first kappa shape index (κ1) is 21.8. The minimum absolute atomic E-state index is 0.196. The Balaban J connectivity index is 1.48. The third-order valence-electron chi connectivity index (χ3n) is 6.61. The highest BCUT2D eigenvalue weighted by Gasteiger charge is 2.33. The van der Waals surface area contributed by atoms with E-state index in [4.69, 9.17) is 0 Å². The largest absolute Gasteiger partial charge is 0.416 e. The molecule has 0 radical (unpaired) electrons. The Hall–Kier alpha value is -2.38. The van der Waals surface area contributed by atoms with E-state index in [0.717, 1.165) is 49.3 Å². The smallest absolute Gasteiger partial charge is 0.367 e. The number of hydrogen-bond donors (Lipinski definition) is 1. The fourth-order valence-electron chi connectivity index (χ4n) is 4.72. The Kier molecular flexibility index (Phi) is 6.34. The van der Waals surface area contributed by atoms with Gasteiger partial charge in [-0.3, -0.25) is 0 Å². The molecule has 2 aromatic rings. The van der Waals surface area contributed by atoms with E-state index in [9.17, 15) is 13.2 Å². The Morgan fingerprint density at radius 3 is 2.42 bits per heavy atom. The fraction of sp³-hybridized carbons (Fsp3) is 0.565. The van der Waals surface area contributed by atoms with Gasteiger partial charge in [-0.15, -0.1) is 0 Å². The van der Waals surface area contributed by atoms with Gasteiger partial charge in [-0.2, -0.15) is 17.6 Å². The molecular formula is C23H28F4N4. The van der Waals surface area contributed by atoms with Crippen LogP contribution in [0.3, 0.4) is 0 Å². The Labute approximate surface area is 180 Å². The van der Waals surface area contributed by atoms with Crippen LogP contribution in [-0.4, -0.2) is 23.1 Å². The Bertz CT molecular complexity index is 876. The van der Waals surface area contributed by atoms with Crippen molar-refractivity contribution < 1.29 is 17.6 Å². The molecule has 1 aliphatic carbocycles. The van der Waals surface area contributed by atoms with E-state index in [-0.39, 0.29) is 17.7 Å². The number of alkyl halides is 3. The summed E-state index contributed by atoms with van der Waals surface area (Å²) in [6.45, 7) is 3.55. The normalized spacial score (nSPS) is 24.4. The van der Waals surface area contributed by atoms with Crippen LogP contribution in [0, 0.1) is 17.7 Å². The summed E-state index contributed by atoms with van der Waals surface area (Å²) in [4.78, 5) is 10.1. The highest BCUT2D eigenvalue weighted by atomic mass is 19.4. The maximum atomic E-state index is 15.3. The van der Waals surface area contributed by atoms with E-state index in [1.54, 1.807) is 0 Å². The van der Waals surface area contributed by atoms with Crippen molar-refractivity contribution >= 4 is 11.6 Å². The number of aromatic nitrogens is 2. The summed E-state index contributed by atoms with van der Waals surface area (Å²) in [6.07, 6.45) is 3.20. The molecule has 0 bridgehead atoms. The van der Waals surface area contributed by atoms with Gasteiger partial charge < -0.3 is 10.2 Å². The molecule has 4 nitrogen and oxygen atoms in total. The van der Waals surface area contributed by atoms with E-state index >= 15 is 4.39 Å². The second kappa shape index (κ2) is 9.01. The first-order chi connectivity index (χ1) is 14.8. The zero-order chi connectivity index (χ0) is 22.0. The van der Waals surface area contributed by atoms with Crippen LogP contribution in [0.2, 0.25) is 0 Å². The van der Waals surface area contributed by atoms with Crippen LogP contribution in [0.25, 0.3) is 0 Å². The summed E-state index contributed by atoms with van der Waals surface area (Å²) < 4.78 is 53.9. The minimum atomic E-state index is -4.37. The summed E-state index contributed by atoms with van der Waals surface area (Å²) >= 11 is 0. The molecule has 0 spiro atoms. The van der Waals surface area contributed by atoms with Gasteiger partial charge in [0.1, 0.15) is 6.33 Å². The average Bonchev–Trinajstić information content (AvgIpc) is 3.23. The molecule has 1 atom stereocenters. The van der Waals surface area contributed by atoms with Crippen molar-refractivity contribution in [3.63, 3.8) is 0 Å². The molecule has 4 rings (SSSR count). The zero-order valence-corrected chi connectivity index (χ0v) is 17.6. The molecule has 2 heterocycles. The predicted octanol–water partition coefficient (Wildman–Crippen LogP) is 6.21. The number of hydrogen-bond acceptors (Lipinski definition) is 4. The second-order valence-corrected chi connectivity index (χ2v) is 8.84. The van der Waals surface area contributed by atoms with Gasteiger partial charge in [-0.1, -0.05) is 31.9 Å². The van der Waals surface area contributed by atoms with Crippen molar-refractivity contribution in [2.45, 2.75) is 57.7 Å². The molecule has 1 aliphatic heterocycles. The van der Waals surface area contributed by atoms with Crippen molar-refractivity contribution in [1.29, 1.82) is 0 Å². The number of nitrogens with one attached hydrogen (secondary N) is 1. The molecule has 2 aliphatic rings. The topological polar surface area (TPSA) is 41.1 Å². The van der Waals surface area contributed by atoms with Crippen LogP contribution in [0.15, 0.2) is 30.6 Å². The summed E-state index contributed by atoms with van der Waals surface area (Å²) in [5.74, 6) is 1.18. The van der Waals surface area contributed by atoms with E-state index in [1.165, 1.54) is 31.3 Å². The molecule has 168 valence electrons. The van der Waals surface area contributed by atoms with Crippen LogP contribution >= 0.6 is 0 Å². The van der Waals surface area contributed by atoms with E-state index < -0.39 is 17.6 Å². The number of nitrogens with zero attached hydrogens (tertiary/aromatic N) is 3. The molecule has 0 amide bonds. The monoisotopic (exact) mass is 436 g/mol. The quantitative estimate of drug-likeness (QED) is 0.566. The molecule has 1 aromatic heterocycles. The number of anilines is 2.